The van der Waals surface area contributed by atoms with Crippen LogP contribution in [-0.4, -0.2) is 26.1 Å². The molecule has 4 aromatic rings. The molecule has 2 N–H and O–H groups in total. The summed E-state index contributed by atoms with van der Waals surface area (Å²) in [6, 6.07) is 12.3. The Labute approximate surface area is 214 Å². The predicted molar refractivity (Wildman–Crippen MR) is 139 cm³/mol. The summed E-state index contributed by atoms with van der Waals surface area (Å²) < 4.78 is 44.1. The van der Waals surface area contributed by atoms with Gasteiger partial charge in [-0.25, -0.2) is 4.98 Å². The minimum Gasteiger partial charge on any atom is -0.406 e. The predicted octanol–water partition coefficient (Wildman–Crippen LogP) is 8.07. The highest BCUT2D eigenvalue weighted by Gasteiger charge is 2.35. The number of hydrogen-bond donors (Lipinski definition) is 2. The number of halogens is 3. The van der Waals surface area contributed by atoms with Crippen LogP contribution in [0.3, 0.4) is 0 Å². The van der Waals surface area contributed by atoms with E-state index in [9.17, 15) is 13.2 Å². The van der Waals surface area contributed by atoms with E-state index in [-0.39, 0.29) is 17.2 Å². The molecule has 2 aromatic heterocycles. The normalized spacial score (nSPS) is 19.8. The van der Waals surface area contributed by atoms with Gasteiger partial charge in [0.1, 0.15) is 5.75 Å². The Balaban J connectivity index is 1.56. The zero-order chi connectivity index (χ0) is 26.5. The van der Waals surface area contributed by atoms with E-state index >= 15 is 0 Å². The number of hydrogen-bond acceptors (Lipinski definition) is 4. The summed E-state index contributed by atoms with van der Waals surface area (Å²) >= 11 is 0. The lowest BCUT2D eigenvalue weighted by molar-refractivity contribution is -0.274. The van der Waals surface area contributed by atoms with Crippen LogP contribution in [0.1, 0.15) is 57.5 Å². The lowest BCUT2D eigenvalue weighted by atomic mass is 9.70. The van der Waals surface area contributed by atoms with Crippen LogP contribution in [0.15, 0.2) is 42.5 Å². The number of aromatic amines is 1. The summed E-state index contributed by atoms with van der Waals surface area (Å²) in [6.07, 6.45) is -1.51. The number of rotatable bonds is 5. The van der Waals surface area contributed by atoms with E-state index in [4.69, 9.17) is 4.98 Å². The van der Waals surface area contributed by atoms with Crippen LogP contribution >= 0.6 is 0 Å². The van der Waals surface area contributed by atoms with Crippen molar-refractivity contribution in [3.63, 3.8) is 0 Å². The van der Waals surface area contributed by atoms with Gasteiger partial charge in [0.15, 0.2) is 0 Å². The fourth-order valence-electron chi connectivity index (χ4n) is 6.05. The second-order valence-electron chi connectivity index (χ2n) is 11.1. The van der Waals surface area contributed by atoms with Crippen molar-refractivity contribution in [2.24, 2.45) is 11.3 Å². The van der Waals surface area contributed by atoms with Gasteiger partial charge in [0, 0.05) is 23.0 Å². The number of ether oxygens (including phenoxy) is 1. The molecule has 1 aliphatic carbocycles. The summed E-state index contributed by atoms with van der Waals surface area (Å²) in [5, 5.41) is 10.7. The van der Waals surface area contributed by atoms with E-state index in [0.717, 1.165) is 46.4 Å². The number of alkyl halides is 3. The quantitative estimate of drug-likeness (QED) is 0.284. The molecule has 1 fully saturated rings. The van der Waals surface area contributed by atoms with Gasteiger partial charge < -0.3 is 14.6 Å². The molecule has 2 heterocycles. The SMILES string of the molecule is Cc1n[nH]c(C)c1-c1ccc2c(c1)nc(Nc1ccc(OC(F)(F)F)cc1)n2[C@@H]1C[C@H](C)CC(C)(C)C1. The Kier molecular flexibility index (Phi) is 6.20. The van der Waals surface area contributed by atoms with Crippen molar-refractivity contribution in [1.82, 2.24) is 19.7 Å². The molecule has 0 amide bonds. The molecule has 6 nitrogen and oxygen atoms in total. The fourth-order valence-corrected chi connectivity index (χ4v) is 6.05. The molecule has 0 saturated heterocycles. The lowest BCUT2D eigenvalue weighted by Crippen LogP contribution is -2.29. The Bertz CT molecular complexity index is 1400. The molecule has 0 radical (unpaired) electrons. The fraction of sp³-hybridized carbons (Fsp3) is 0.429. The third kappa shape index (κ3) is 5.31. The monoisotopic (exact) mass is 511 g/mol. The number of fused-ring (bicyclic) bond motifs is 1. The van der Waals surface area contributed by atoms with Gasteiger partial charge in [0.25, 0.3) is 0 Å². The average Bonchev–Trinajstić information content (AvgIpc) is 3.30. The molecule has 1 saturated carbocycles. The second kappa shape index (κ2) is 9.11. The standard InChI is InChI=1S/C28H32F3N5O/c1-16-12-21(15-27(4,5)14-16)36-24-11-6-19(25-17(2)34-35-18(25)3)13-23(24)33-26(36)32-20-7-9-22(10-8-20)37-28(29,30)31/h6-11,13,16,21H,12,14-15H2,1-5H3,(H,32,33)(H,34,35)/t16-,21+/m0/s1. The molecule has 0 aliphatic heterocycles. The Morgan fingerprint density at radius 1 is 1.08 bits per heavy atom. The van der Waals surface area contributed by atoms with Crippen LogP contribution in [0.4, 0.5) is 24.8 Å². The minimum atomic E-state index is -4.73. The molecule has 2 atom stereocenters. The second-order valence-corrected chi connectivity index (χ2v) is 11.1. The summed E-state index contributed by atoms with van der Waals surface area (Å²) in [4.78, 5) is 4.98. The van der Waals surface area contributed by atoms with E-state index in [1.165, 1.54) is 18.6 Å². The van der Waals surface area contributed by atoms with Crippen LogP contribution in [0.5, 0.6) is 5.75 Å². The average molecular weight is 512 g/mol. The van der Waals surface area contributed by atoms with Gasteiger partial charge in [-0.2, -0.15) is 5.10 Å². The Morgan fingerprint density at radius 3 is 2.43 bits per heavy atom. The molecule has 0 bridgehead atoms. The van der Waals surface area contributed by atoms with Gasteiger partial charge in [-0.1, -0.05) is 26.8 Å². The van der Waals surface area contributed by atoms with Gasteiger partial charge in [0.05, 0.1) is 16.7 Å². The van der Waals surface area contributed by atoms with Crippen molar-refractivity contribution in [2.75, 3.05) is 5.32 Å². The zero-order valence-electron chi connectivity index (χ0n) is 21.7. The van der Waals surface area contributed by atoms with Gasteiger partial charge in [0.2, 0.25) is 5.95 Å². The Morgan fingerprint density at radius 2 is 1.81 bits per heavy atom. The maximum atomic E-state index is 12.6. The third-order valence-electron chi connectivity index (χ3n) is 7.18. The number of nitrogens with one attached hydrogen (secondary N) is 2. The highest BCUT2D eigenvalue weighted by atomic mass is 19.4. The molecule has 37 heavy (non-hydrogen) atoms. The van der Waals surface area contributed by atoms with Crippen molar-refractivity contribution in [3.8, 4) is 16.9 Å². The lowest BCUT2D eigenvalue weighted by Gasteiger charge is -2.40. The first-order chi connectivity index (χ1) is 17.4. The molecule has 196 valence electrons. The van der Waals surface area contributed by atoms with Gasteiger partial charge in [-0.05, 0) is 86.4 Å². The number of benzene rings is 2. The molecule has 0 spiro atoms. The van der Waals surface area contributed by atoms with E-state index in [0.29, 0.717) is 17.6 Å². The van der Waals surface area contributed by atoms with E-state index in [1.807, 2.05) is 13.8 Å². The van der Waals surface area contributed by atoms with Gasteiger partial charge in [-0.15, -0.1) is 13.2 Å². The van der Waals surface area contributed by atoms with Crippen LogP contribution in [-0.2, 0) is 0 Å². The minimum absolute atomic E-state index is 0.192. The molecule has 9 heteroatoms. The first kappa shape index (κ1) is 25.2. The van der Waals surface area contributed by atoms with Gasteiger partial charge in [-0.3, -0.25) is 5.10 Å². The van der Waals surface area contributed by atoms with Crippen molar-refractivity contribution >= 4 is 22.7 Å². The van der Waals surface area contributed by atoms with E-state index in [2.05, 4.69) is 63.8 Å². The molecule has 1 aliphatic rings. The largest absolute Gasteiger partial charge is 0.573 e. The van der Waals surface area contributed by atoms with Crippen molar-refractivity contribution in [2.45, 2.75) is 66.3 Å². The number of aromatic nitrogens is 4. The highest BCUT2D eigenvalue weighted by molar-refractivity contribution is 5.86. The molecular formula is C28H32F3N5O. The van der Waals surface area contributed by atoms with Crippen molar-refractivity contribution in [1.29, 1.82) is 0 Å². The van der Waals surface area contributed by atoms with E-state index < -0.39 is 6.36 Å². The molecular weight excluding hydrogens is 479 g/mol. The zero-order valence-corrected chi connectivity index (χ0v) is 21.7. The third-order valence-corrected chi connectivity index (χ3v) is 7.18. The van der Waals surface area contributed by atoms with Crippen molar-refractivity contribution in [3.05, 3.63) is 53.9 Å². The van der Waals surface area contributed by atoms with Crippen LogP contribution in [0.25, 0.3) is 22.2 Å². The molecule has 2 aromatic carbocycles. The summed E-state index contributed by atoms with van der Waals surface area (Å²) in [6.45, 7) is 10.9. The number of imidazole rings is 1. The summed E-state index contributed by atoms with van der Waals surface area (Å²) in [7, 11) is 0. The number of H-pyrrole nitrogens is 1. The van der Waals surface area contributed by atoms with Crippen LogP contribution in [0.2, 0.25) is 0 Å². The maximum absolute atomic E-state index is 12.6. The Hall–Kier alpha value is -3.49. The number of aryl methyl sites for hydroxylation is 2. The number of anilines is 2. The highest BCUT2D eigenvalue weighted by Crippen LogP contribution is 2.46. The topological polar surface area (TPSA) is 67.8 Å². The van der Waals surface area contributed by atoms with Gasteiger partial charge >= 0.3 is 6.36 Å². The number of nitrogens with zero attached hydrogens (tertiary/aromatic N) is 3. The summed E-state index contributed by atoms with van der Waals surface area (Å²) in [5.74, 6) is 0.977. The van der Waals surface area contributed by atoms with E-state index in [1.54, 1.807) is 12.1 Å². The van der Waals surface area contributed by atoms with Crippen LogP contribution in [0, 0.1) is 25.2 Å². The maximum Gasteiger partial charge on any atom is 0.573 e. The molecule has 0 unspecified atom stereocenters. The first-order valence-electron chi connectivity index (χ1n) is 12.6. The smallest absolute Gasteiger partial charge is 0.406 e. The summed E-state index contributed by atoms with van der Waals surface area (Å²) in [5.41, 5.74) is 6.74. The molecule has 5 rings (SSSR count). The van der Waals surface area contributed by atoms with Crippen molar-refractivity contribution < 1.29 is 17.9 Å². The first-order valence-corrected chi connectivity index (χ1v) is 12.6. The van der Waals surface area contributed by atoms with Crippen LogP contribution < -0.4 is 10.1 Å².